The Morgan fingerprint density at radius 1 is 0.852 bits per heavy atom. The van der Waals surface area contributed by atoms with Crippen molar-refractivity contribution in [1.29, 1.82) is 0 Å². The summed E-state index contributed by atoms with van der Waals surface area (Å²) in [5.41, 5.74) is 5.23. The van der Waals surface area contributed by atoms with E-state index < -0.39 is 5.97 Å². The number of carboxylic acids is 1. The van der Waals surface area contributed by atoms with Gasteiger partial charge in [-0.3, -0.25) is 4.79 Å². The van der Waals surface area contributed by atoms with Gasteiger partial charge < -0.3 is 9.84 Å². The van der Waals surface area contributed by atoms with Crippen molar-refractivity contribution >= 4 is 11.5 Å². The van der Waals surface area contributed by atoms with E-state index in [2.05, 4.69) is 30.8 Å². The van der Waals surface area contributed by atoms with Gasteiger partial charge in [0, 0.05) is 6.42 Å². The fourth-order valence-corrected chi connectivity index (χ4v) is 2.83. The fourth-order valence-electron chi connectivity index (χ4n) is 2.83. The molecule has 0 saturated carbocycles. The smallest absolute Gasteiger partial charge is 0.303 e. The SMILES string of the molecule is C=C(c1ccccc1)c1cccc(COc2ccc(CCC(=O)O)cc2)c1. The van der Waals surface area contributed by atoms with E-state index in [4.69, 9.17) is 9.84 Å². The van der Waals surface area contributed by atoms with Gasteiger partial charge in [-0.1, -0.05) is 67.2 Å². The molecule has 3 rings (SSSR count). The van der Waals surface area contributed by atoms with Crippen molar-refractivity contribution in [3.63, 3.8) is 0 Å². The quantitative estimate of drug-likeness (QED) is 0.591. The Morgan fingerprint density at radius 3 is 2.26 bits per heavy atom. The second kappa shape index (κ2) is 8.86. The average Bonchev–Trinajstić information content (AvgIpc) is 2.72. The van der Waals surface area contributed by atoms with Crippen LogP contribution in [0.1, 0.15) is 28.7 Å². The molecule has 3 aromatic rings. The zero-order valence-corrected chi connectivity index (χ0v) is 15.1. The summed E-state index contributed by atoms with van der Waals surface area (Å²) in [6.45, 7) is 4.67. The molecule has 1 N–H and O–H groups in total. The molecule has 0 aliphatic carbocycles. The Morgan fingerprint density at radius 2 is 1.56 bits per heavy atom. The van der Waals surface area contributed by atoms with Gasteiger partial charge in [0.1, 0.15) is 12.4 Å². The Bertz CT molecular complexity index is 912. The average molecular weight is 358 g/mol. The molecule has 0 bridgehead atoms. The van der Waals surface area contributed by atoms with Gasteiger partial charge in [-0.25, -0.2) is 0 Å². The molecule has 0 radical (unpaired) electrons. The molecule has 0 spiro atoms. The van der Waals surface area contributed by atoms with Crippen molar-refractivity contribution in [1.82, 2.24) is 0 Å². The van der Waals surface area contributed by atoms with E-state index in [0.717, 1.165) is 33.6 Å². The predicted octanol–water partition coefficient (Wildman–Crippen LogP) is 5.34. The Balaban J connectivity index is 1.61. The van der Waals surface area contributed by atoms with Crippen LogP contribution in [0.25, 0.3) is 5.57 Å². The fraction of sp³-hybridized carbons (Fsp3) is 0.125. The van der Waals surface area contributed by atoms with Gasteiger partial charge in [-0.05, 0) is 52.4 Å². The van der Waals surface area contributed by atoms with Crippen LogP contribution in [0, 0.1) is 0 Å². The lowest BCUT2D eigenvalue weighted by Gasteiger charge is -2.10. The first-order valence-corrected chi connectivity index (χ1v) is 8.89. The molecule has 3 aromatic carbocycles. The normalized spacial score (nSPS) is 10.4. The molecule has 136 valence electrons. The van der Waals surface area contributed by atoms with Gasteiger partial charge in [0.2, 0.25) is 0 Å². The van der Waals surface area contributed by atoms with E-state index in [1.54, 1.807) is 0 Å². The second-order valence-corrected chi connectivity index (χ2v) is 6.37. The molecule has 0 amide bonds. The van der Waals surface area contributed by atoms with Crippen LogP contribution in [0.5, 0.6) is 5.75 Å². The molecule has 0 unspecified atom stereocenters. The number of rotatable bonds is 8. The summed E-state index contributed by atoms with van der Waals surface area (Å²) in [6.07, 6.45) is 0.664. The van der Waals surface area contributed by atoms with Crippen molar-refractivity contribution in [3.05, 3.63) is 108 Å². The number of hydrogen-bond donors (Lipinski definition) is 1. The minimum absolute atomic E-state index is 0.137. The standard InChI is InChI=1S/C24H22O3/c1-18(21-7-3-2-4-8-21)22-9-5-6-20(16-22)17-27-23-13-10-19(11-14-23)12-15-24(25)26/h2-11,13-14,16H,1,12,15,17H2,(H,25,26). The number of aliphatic carboxylic acids is 1. The Labute approximate surface area is 159 Å². The molecule has 0 saturated heterocycles. The predicted molar refractivity (Wildman–Crippen MR) is 108 cm³/mol. The maximum atomic E-state index is 10.6. The summed E-state index contributed by atoms with van der Waals surface area (Å²) in [5, 5.41) is 8.74. The van der Waals surface area contributed by atoms with Crippen molar-refractivity contribution in [2.24, 2.45) is 0 Å². The minimum Gasteiger partial charge on any atom is -0.489 e. The number of carboxylic acid groups (broad SMARTS) is 1. The number of benzene rings is 3. The Hall–Kier alpha value is -3.33. The molecule has 0 aliphatic heterocycles. The summed E-state index contributed by atoms with van der Waals surface area (Å²) >= 11 is 0. The minimum atomic E-state index is -0.785. The molecule has 0 atom stereocenters. The van der Waals surface area contributed by atoms with Gasteiger partial charge in [-0.2, -0.15) is 0 Å². The number of carbonyl (C=O) groups is 1. The third kappa shape index (κ3) is 5.32. The van der Waals surface area contributed by atoms with Gasteiger partial charge >= 0.3 is 5.97 Å². The first-order chi connectivity index (χ1) is 13.1. The number of hydrogen-bond acceptors (Lipinski definition) is 2. The number of ether oxygens (including phenoxy) is 1. The third-order valence-electron chi connectivity index (χ3n) is 4.35. The first kappa shape index (κ1) is 18.5. The maximum Gasteiger partial charge on any atom is 0.303 e. The van der Waals surface area contributed by atoms with Crippen molar-refractivity contribution in [2.75, 3.05) is 0 Å². The lowest BCUT2D eigenvalue weighted by atomic mass is 9.98. The monoisotopic (exact) mass is 358 g/mol. The van der Waals surface area contributed by atoms with Crippen molar-refractivity contribution < 1.29 is 14.6 Å². The van der Waals surface area contributed by atoms with Crippen molar-refractivity contribution in [3.8, 4) is 5.75 Å². The van der Waals surface area contributed by atoms with E-state index in [1.165, 1.54) is 0 Å². The van der Waals surface area contributed by atoms with Crippen LogP contribution >= 0.6 is 0 Å². The van der Waals surface area contributed by atoms with Gasteiger partial charge in [-0.15, -0.1) is 0 Å². The van der Waals surface area contributed by atoms with E-state index in [-0.39, 0.29) is 6.42 Å². The van der Waals surface area contributed by atoms with Gasteiger partial charge in [0.05, 0.1) is 0 Å². The Kier molecular flexibility index (Phi) is 6.06. The highest BCUT2D eigenvalue weighted by Gasteiger charge is 2.04. The summed E-state index contributed by atoms with van der Waals surface area (Å²) < 4.78 is 5.87. The second-order valence-electron chi connectivity index (χ2n) is 6.37. The summed E-state index contributed by atoms with van der Waals surface area (Å²) in [7, 11) is 0. The van der Waals surface area contributed by atoms with Crippen molar-refractivity contribution in [2.45, 2.75) is 19.4 Å². The van der Waals surface area contributed by atoms with Crippen LogP contribution in [0.3, 0.4) is 0 Å². The van der Waals surface area contributed by atoms with Crippen LogP contribution < -0.4 is 4.74 Å². The maximum absolute atomic E-state index is 10.6. The highest BCUT2D eigenvalue weighted by Crippen LogP contribution is 2.23. The van der Waals surface area contributed by atoms with Crippen LogP contribution in [-0.2, 0) is 17.8 Å². The highest BCUT2D eigenvalue weighted by atomic mass is 16.5. The molecule has 3 nitrogen and oxygen atoms in total. The number of aryl methyl sites for hydroxylation is 1. The summed E-state index contributed by atoms with van der Waals surface area (Å²) in [5.74, 6) is -0.0198. The lowest BCUT2D eigenvalue weighted by Crippen LogP contribution is -1.98. The van der Waals surface area contributed by atoms with Crippen LogP contribution in [0.4, 0.5) is 0 Å². The van der Waals surface area contributed by atoms with E-state index in [9.17, 15) is 4.79 Å². The van der Waals surface area contributed by atoms with E-state index in [0.29, 0.717) is 13.0 Å². The zero-order valence-electron chi connectivity index (χ0n) is 15.1. The zero-order chi connectivity index (χ0) is 19.1. The topological polar surface area (TPSA) is 46.5 Å². The van der Waals surface area contributed by atoms with Crippen LogP contribution in [0.15, 0.2) is 85.4 Å². The molecule has 3 heteroatoms. The first-order valence-electron chi connectivity index (χ1n) is 8.89. The van der Waals surface area contributed by atoms with Gasteiger partial charge in [0.15, 0.2) is 0 Å². The molecular formula is C24H22O3. The molecule has 27 heavy (non-hydrogen) atoms. The largest absolute Gasteiger partial charge is 0.489 e. The summed E-state index contributed by atoms with van der Waals surface area (Å²) in [6, 6.07) is 25.9. The summed E-state index contributed by atoms with van der Waals surface area (Å²) in [4.78, 5) is 10.6. The third-order valence-corrected chi connectivity index (χ3v) is 4.35. The van der Waals surface area contributed by atoms with Gasteiger partial charge in [0.25, 0.3) is 0 Å². The molecular weight excluding hydrogens is 336 g/mol. The van der Waals surface area contributed by atoms with Crippen LogP contribution in [0.2, 0.25) is 0 Å². The van der Waals surface area contributed by atoms with Crippen LogP contribution in [-0.4, -0.2) is 11.1 Å². The highest BCUT2D eigenvalue weighted by molar-refractivity contribution is 5.78. The molecule has 0 aromatic heterocycles. The molecule has 0 heterocycles. The van der Waals surface area contributed by atoms with E-state index in [1.807, 2.05) is 54.6 Å². The molecule has 0 aliphatic rings. The molecule has 0 fully saturated rings. The van der Waals surface area contributed by atoms with E-state index >= 15 is 0 Å². The lowest BCUT2D eigenvalue weighted by molar-refractivity contribution is -0.136.